The van der Waals surface area contributed by atoms with Crippen molar-refractivity contribution in [3.8, 4) is 5.75 Å². The average molecular weight is 247 g/mol. The zero-order valence-electron chi connectivity index (χ0n) is 9.46. The first-order valence-corrected chi connectivity index (χ1v) is 6.17. The van der Waals surface area contributed by atoms with E-state index in [1.165, 1.54) is 5.56 Å². The van der Waals surface area contributed by atoms with Crippen molar-refractivity contribution >= 4 is 17.0 Å². The topological polar surface area (TPSA) is 41.8 Å². The minimum Gasteiger partial charge on any atom is -0.489 e. The van der Waals surface area contributed by atoms with Crippen LogP contribution < -0.4 is 4.74 Å². The van der Waals surface area contributed by atoms with Crippen LogP contribution in [0.1, 0.15) is 18.1 Å². The normalized spacial score (nSPS) is 11.5. The fraction of sp³-hybridized carbons (Fsp3) is 0.154. The summed E-state index contributed by atoms with van der Waals surface area (Å²) in [4.78, 5) is 0. The Balaban J connectivity index is 1.99. The molecule has 1 aromatic carbocycles. The van der Waals surface area contributed by atoms with Crippen molar-refractivity contribution in [2.75, 3.05) is 0 Å². The molecule has 0 aliphatic rings. The maximum Gasteiger partial charge on any atom is 0.119 e. The molecule has 0 amide bonds. The molecule has 0 spiro atoms. The van der Waals surface area contributed by atoms with Crippen molar-refractivity contribution in [1.29, 1.82) is 0 Å². The molecule has 0 saturated heterocycles. The molecule has 4 heteroatoms. The van der Waals surface area contributed by atoms with Gasteiger partial charge in [-0.3, -0.25) is 0 Å². The van der Waals surface area contributed by atoms with Gasteiger partial charge in [-0.15, -0.1) is 0 Å². The summed E-state index contributed by atoms with van der Waals surface area (Å²) in [5.41, 5.74) is 2.65. The van der Waals surface area contributed by atoms with Crippen LogP contribution in [0.25, 0.3) is 0 Å². The molecule has 0 bridgehead atoms. The lowest BCUT2D eigenvalue weighted by molar-refractivity contribution is 0.306. The van der Waals surface area contributed by atoms with Gasteiger partial charge in [0.2, 0.25) is 0 Å². The van der Waals surface area contributed by atoms with Gasteiger partial charge in [0.05, 0.1) is 5.71 Å². The highest BCUT2D eigenvalue weighted by molar-refractivity contribution is 7.07. The second kappa shape index (κ2) is 5.50. The fourth-order valence-electron chi connectivity index (χ4n) is 1.39. The second-order valence-electron chi connectivity index (χ2n) is 3.63. The highest BCUT2D eigenvalue weighted by atomic mass is 32.1. The summed E-state index contributed by atoms with van der Waals surface area (Å²) in [6, 6.07) is 9.53. The van der Waals surface area contributed by atoms with E-state index >= 15 is 0 Å². The Morgan fingerprint density at radius 1 is 1.29 bits per heavy atom. The lowest BCUT2D eigenvalue weighted by Gasteiger charge is -2.05. The molecular weight excluding hydrogens is 234 g/mol. The lowest BCUT2D eigenvalue weighted by atomic mass is 10.1. The van der Waals surface area contributed by atoms with E-state index in [0.717, 1.165) is 11.3 Å². The molecule has 3 nitrogen and oxygen atoms in total. The Bertz CT molecular complexity index is 489. The van der Waals surface area contributed by atoms with Crippen molar-refractivity contribution < 1.29 is 9.94 Å². The van der Waals surface area contributed by atoms with Crippen LogP contribution >= 0.6 is 11.3 Å². The molecule has 0 saturated carbocycles. The fourth-order valence-corrected chi connectivity index (χ4v) is 2.04. The van der Waals surface area contributed by atoms with Gasteiger partial charge in [0.1, 0.15) is 12.4 Å². The summed E-state index contributed by atoms with van der Waals surface area (Å²) in [5.74, 6) is 0.811. The first kappa shape index (κ1) is 11.7. The molecule has 0 atom stereocenters. The van der Waals surface area contributed by atoms with E-state index in [-0.39, 0.29) is 0 Å². The van der Waals surface area contributed by atoms with Crippen LogP contribution in [0.15, 0.2) is 46.2 Å². The van der Waals surface area contributed by atoms with Gasteiger partial charge in [-0.2, -0.15) is 11.3 Å². The number of hydrogen-bond donors (Lipinski definition) is 1. The lowest BCUT2D eigenvalue weighted by Crippen LogP contribution is -1.96. The molecule has 0 unspecified atom stereocenters. The molecular formula is C13H13NO2S. The first-order valence-electron chi connectivity index (χ1n) is 5.22. The summed E-state index contributed by atoms with van der Waals surface area (Å²) in [6.07, 6.45) is 0. The van der Waals surface area contributed by atoms with Gasteiger partial charge in [-0.1, -0.05) is 5.16 Å². The third-order valence-electron chi connectivity index (χ3n) is 2.41. The molecule has 1 aromatic heterocycles. The van der Waals surface area contributed by atoms with Crippen LogP contribution in [0.2, 0.25) is 0 Å². The van der Waals surface area contributed by atoms with E-state index < -0.39 is 0 Å². The number of rotatable bonds is 4. The molecule has 1 N–H and O–H groups in total. The maximum absolute atomic E-state index is 8.64. The number of thiophene rings is 1. The molecule has 17 heavy (non-hydrogen) atoms. The SMILES string of the molecule is C/C(=N\O)c1ccc(OCc2ccsc2)cc1. The van der Waals surface area contributed by atoms with E-state index in [1.54, 1.807) is 18.3 Å². The van der Waals surface area contributed by atoms with Crippen molar-refractivity contribution in [3.05, 3.63) is 52.2 Å². The van der Waals surface area contributed by atoms with Gasteiger partial charge in [0, 0.05) is 0 Å². The van der Waals surface area contributed by atoms with Gasteiger partial charge in [-0.25, -0.2) is 0 Å². The van der Waals surface area contributed by atoms with Crippen molar-refractivity contribution in [2.24, 2.45) is 5.16 Å². The minimum absolute atomic E-state index is 0.579. The van der Waals surface area contributed by atoms with Crippen molar-refractivity contribution in [3.63, 3.8) is 0 Å². The zero-order valence-corrected chi connectivity index (χ0v) is 10.3. The third kappa shape index (κ3) is 3.07. The van der Waals surface area contributed by atoms with Crippen LogP contribution in [0.3, 0.4) is 0 Å². The molecule has 1 heterocycles. The van der Waals surface area contributed by atoms with E-state index in [0.29, 0.717) is 12.3 Å². The summed E-state index contributed by atoms with van der Waals surface area (Å²) in [5, 5.41) is 15.9. The van der Waals surface area contributed by atoms with Gasteiger partial charge in [0.15, 0.2) is 0 Å². The number of nitrogens with zero attached hydrogens (tertiary/aromatic N) is 1. The van der Waals surface area contributed by atoms with Crippen LogP contribution in [-0.2, 0) is 6.61 Å². The molecule has 88 valence electrons. The van der Waals surface area contributed by atoms with Crippen molar-refractivity contribution in [1.82, 2.24) is 0 Å². The molecule has 0 radical (unpaired) electrons. The number of benzene rings is 1. The van der Waals surface area contributed by atoms with Crippen LogP contribution in [-0.4, -0.2) is 10.9 Å². The quantitative estimate of drug-likeness (QED) is 0.510. The predicted molar refractivity (Wildman–Crippen MR) is 69.1 cm³/mol. The van der Waals surface area contributed by atoms with Gasteiger partial charge in [0.25, 0.3) is 0 Å². The molecule has 2 aromatic rings. The molecule has 2 rings (SSSR count). The Morgan fingerprint density at radius 2 is 2.06 bits per heavy atom. The summed E-state index contributed by atoms with van der Waals surface area (Å²) in [6.45, 7) is 2.33. The van der Waals surface area contributed by atoms with E-state index in [1.807, 2.05) is 35.7 Å². The number of ether oxygens (including phenoxy) is 1. The van der Waals surface area contributed by atoms with E-state index in [2.05, 4.69) is 10.5 Å². The number of hydrogen-bond acceptors (Lipinski definition) is 4. The Hall–Kier alpha value is -1.81. The zero-order chi connectivity index (χ0) is 12.1. The Kier molecular flexibility index (Phi) is 3.77. The van der Waals surface area contributed by atoms with Crippen LogP contribution in [0, 0.1) is 0 Å². The monoisotopic (exact) mass is 247 g/mol. The molecule has 0 aliphatic heterocycles. The minimum atomic E-state index is 0.579. The molecule has 0 fully saturated rings. The third-order valence-corrected chi connectivity index (χ3v) is 3.14. The molecule has 0 aliphatic carbocycles. The summed E-state index contributed by atoms with van der Waals surface area (Å²) >= 11 is 1.66. The highest BCUT2D eigenvalue weighted by Gasteiger charge is 1.99. The summed E-state index contributed by atoms with van der Waals surface area (Å²) < 4.78 is 5.62. The highest BCUT2D eigenvalue weighted by Crippen LogP contribution is 2.15. The Labute approximate surface area is 104 Å². The van der Waals surface area contributed by atoms with Gasteiger partial charge in [-0.05, 0) is 59.1 Å². The largest absolute Gasteiger partial charge is 0.489 e. The van der Waals surface area contributed by atoms with E-state index in [9.17, 15) is 0 Å². The summed E-state index contributed by atoms with van der Waals surface area (Å²) in [7, 11) is 0. The van der Waals surface area contributed by atoms with Crippen LogP contribution in [0.4, 0.5) is 0 Å². The maximum atomic E-state index is 8.64. The van der Waals surface area contributed by atoms with Crippen LogP contribution in [0.5, 0.6) is 5.75 Å². The average Bonchev–Trinajstić information content (AvgIpc) is 2.89. The van der Waals surface area contributed by atoms with Crippen molar-refractivity contribution in [2.45, 2.75) is 13.5 Å². The number of oxime groups is 1. The predicted octanol–water partition coefficient (Wildman–Crippen LogP) is 3.53. The van der Waals surface area contributed by atoms with Gasteiger partial charge >= 0.3 is 0 Å². The first-order chi connectivity index (χ1) is 8.29. The standard InChI is InChI=1S/C13H13NO2S/c1-10(14-15)12-2-4-13(5-3-12)16-8-11-6-7-17-9-11/h2-7,9,15H,8H2,1H3/b14-10+. The van der Waals surface area contributed by atoms with Gasteiger partial charge < -0.3 is 9.94 Å². The Morgan fingerprint density at radius 3 is 2.65 bits per heavy atom. The van der Waals surface area contributed by atoms with E-state index in [4.69, 9.17) is 9.94 Å². The second-order valence-corrected chi connectivity index (χ2v) is 4.41. The smallest absolute Gasteiger partial charge is 0.119 e.